The van der Waals surface area contributed by atoms with Crippen molar-refractivity contribution in [3.63, 3.8) is 0 Å². The number of nitrogens with zero attached hydrogens (tertiary/aromatic N) is 2. The third kappa shape index (κ3) is 2.79. The van der Waals surface area contributed by atoms with E-state index in [-0.39, 0.29) is 6.04 Å². The molecule has 1 aromatic rings. The molecule has 0 spiro atoms. The zero-order valence-electron chi connectivity index (χ0n) is 10.8. The summed E-state index contributed by atoms with van der Waals surface area (Å²) in [5.74, 6) is 0.536. The van der Waals surface area contributed by atoms with E-state index in [0.29, 0.717) is 5.92 Å². The summed E-state index contributed by atoms with van der Waals surface area (Å²) >= 11 is 0. The van der Waals surface area contributed by atoms with Crippen molar-refractivity contribution in [1.82, 2.24) is 10.2 Å². The highest BCUT2D eigenvalue weighted by Gasteiger charge is 2.19. The maximum Gasteiger partial charge on any atom is 0.0676 e. The molecule has 3 heteroatoms. The Morgan fingerprint density at radius 3 is 2.31 bits per heavy atom. The molecule has 0 radical (unpaired) electrons. The topological polar surface area (TPSA) is 51.8 Å². The maximum absolute atomic E-state index is 6.34. The summed E-state index contributed by atoms with van der Waals surface area (Å²) in [6.07, 6.45) is 3.13. The van der Waals surface area contributed by atoms with E-state index in [1.807, 2.05) is 6.92 Å². The Labute approximate surface area is 98.5 Å². The number of nitrogens with two attached hydrogens (primary N) is 1. The fourth-order valence-corrected chi connectivity index (χ4v) is 2.15. The highest BCUT2D eigenvalue weighted by Crippen LogP contribution is 2.27. The summed E-state index contributed by atoms with van der Waals surface area (Å²) in [6.45, 7) is 8.46. The van der Waals surface area contributed by atoms with E-state index < -0.39 is 0 Å². The van der Waals surface area contributed by atoms with Crippen LogP contribution in [0.15, 0.2) is 6.07 Å². The van der Waals surface area contributed by atoms with E-state index in [9.17, 15) is 0 Å². The largest absolute Gasteiger partial charge is 0.324 e. The first-order valence-electron chi connectivity index (χ1n) is 6.22. The zero-order chi connectivity index (χ0) is 12.1. The van der Waals surface area contributed by atoms with Crippen LogP contribution in [0, 0.1) is 12.8 Å². The summed E-state index contributed by atoms with van der Waals surface area (Å²) in [5, 5.41) is 8.34. The zero-order valence-corrected chi connectivity index (χ0v) is 10.8. The maximum atomic E-state index is 6.34. The van der Waals surface area contributed by atoms with Gasteiger partial charge in [-0.25, -0.2) is 0 Å². The molecule has 0 saturated carbocycles. The molecule has 3 nitrogen and oxygen atoms in total. The van der Waals surface area contributed by atoms with Crippen LogP contribution >= 0.6 is 0 Å². The van der Waals surface area contributed by atoms with Crippen LogP contribution in [0.4, 0.5) is 0 Å². The van der Waals surface area contributed by atoms with Gasteiger partial charge in [-0.05, 0) is 30.9 Å². The van der Waals surface area contributed by atoms with Gasteiger partial charge in [-0.15, -0.1) is 0 Å². The van der Waals surface area contributed by atoms with Gasteiger partial charge < -0.3 is 5.73 Å². The standard InChI is InChI=1S/C13H23N3/c1-5-10(6-2)13(14)11-8-9(4)15-16-12(11)7-3/h8,10,13H,5-7,14H2,1-4H3. The van der Waals surface area contributed by atoms with Gasteiger partial charge in [0, 0.05) is 6.04 Å². The number of aromatic nitrogens is 2. The van der Waals surface area contributed by atoms with Crippen molar-refractivity contribution >= 4 is 0 Å². The summed E-state index contributed by atoms with van der Waals surface area (Å²) in [5.41, 5.74) is 9.52. The molecule has 1 heterocycles. The second-order valence-electron chi connectivity index (χ2n) is 4.34. The molecule has 90 valence electrons. The van der Waals surface area contributed by atoms with Crippen LogP contribution in [-0.2, 0) is 6.42 Å². The first-order chi connectivity index (χ1) is 7.63. The lowest BCUT2D eigenvalue weighted by molar-refractivity contribution is 0.402. The summed E-state index contributed by atoms with van der Waals surface area (Å²) in [7, 11) is 0. The molecule has 0 aliphatic carbocycles. The molecule has 0 aromatic carbocycles. The van der Waals surface area contributed by atoms with Gasteiger partial charge in [-0.3, -0.25) is 0 Å². The predicted molar refractivity (Wildman–Crippen MR) is 67.1 cm³/mol. The Bertz CT molecular complexity index is 332. The third-order valence-corrected chi connectivity index (χ3v) is 3.28. The molecule has 1 aromatic heterocycles. The predicted octanol–water partition coefficient (Wildman–Crippen LogP) is 2.78. The van der Waals surface area contributed by atoms with Crippen molar-refractivity contribution in [1.29, 1.82) is 0 Å². The highest BCUT2D eigenvalue weighted by molar-refractivity contribution is 5.25. The van der Waals surface area contributed by atoms with Crippen molar-refractivity contribution < 1.29 is 0 Å². The average molecular weight is 221 g/mol. The molecule has 0 aliphatic rings. The van der Waals surface area contributed by atoms with Gasteiger partial charge in [0.1, 0.15) is 0 Å². The van der Waals surface area contributed by atoms with Crippen molar-refractivity contribution in [2.75, 3.05) is 0 Å². The minimum atomic E-state index is 0.0964. The normalized spacial score (nSPS) is 13.1. The summed E-state index contributed by atoms with van der Waals surface area (Å²) in [6, 6.07) is 2.19. The Kier molecular flexibility index (Phi) is 4.87. The van der Waals surface area contributed by atoms with Crippen molar-refractivity contribution in [3.05, 3.63) is 23.0 Å². The lowest BCUT2D eigenvalue weighted by atomic mass is 9.88. The third-order valence-electron chi connectivity index (χ3n) is 3.28. The molecule has 0 fully saturated rings. The first kappa shape index (κ1) is 13.1. The van der Waals surface area contributed by atoms with Crippen molar-refractivity contribution in [2.45, 2.75) is 53.0 Å². The molecule has 0 saturated heterocycles. The fraction of sp³-hybridized carbons (Fsp3) is 0.692. The van der Waals surface area contributed by atoms with Crippen molar-refractivity contribution in [3.8, 4) is 0 Å². The van der Waals surface area contributed by atoms with Crippen LogP contribution in [0.25, 0.3) is 0 Å². The van der Waals surface area contributed by atoms with Gasteiger partial charge in [0.05, 0.1) is 11.4 Å². The molecule has 16 heavy (non-hydrogen) atoms. The minimum absolute atomic E-state index is 0.0964. The molecule has 2 N–H and O–H groups in total. The summed E-state index contributed by atoms with van der Waals surface area (Å²) < 4.78 is 0. The lowest BCUT2D eigenvalue weighted by Crippen LogP contribution is -2.22. The van der Waals surface area contributed by atoms with E-state index in [1.54, 1.807) is 0 Å². The Balaban J connectivity index is 3.04. The van der Waals surface area contributed by atoms with E-state index >= 15 is 0 Å². The Morgan fingerprint density at radius 2 is 1.81 bits per heavy atom. The van der Waals surface area contributed by atoms with Crippen LogP contribution in [0.3, 0.4) is 0 Å². The average Bonchev–Trinajstić information content (AvgIpc) is 2.30. The summed E-state index contributed by atoms with van der Waals surface area (Å²) in [4.78, 5) is 0. The van der Waals surface area contributed by atoms with E-state index in [4.69, 9.17) is 5.73 Å². The van der Waals surface area contributed by atoms with E-state index in [1.165, 1.54) is 5.56 Å². The fourth-order valence-electron chi connectivity index (χ4n) is 2.15. The minimum Gasteiger partial charge on any atom is -0.324 e. The Hall–Kier alpha value is -0.960. The smallest absolute Gasteiger partial charge is 0.0676 e. The van der Waals surface area contributed by atoms with Gasteiger partial charge in [0.25, 0.3) is 0 Å². The monoisotopic (exact) mass is 221 g/mol. The molecular formula is C13H23N3. The number of hydrogen-bond donors (Lipinski definition) is 1. The van der Waals surface area contributed by atoms with Gasteiger partial charge >= 0.3 is 0 Å². The van der Waals surface area contributed by atoms with Gasteiger partial charge in [-0.1, -0.05) is 33.6 Å². The van der Waals surface area contributed by atoms with Crippen LogP contribution in [0.5, 0.6) is 0 Å². The molecule has 0 bridgehead atoms. The van der Waals surface area contributed by atoms with Crippen LogP contribution in [-0.4, -0.2) is 10.2 Å². The SMILES string of the molecule is CCc1nnc(C)cc1C(N)C(CC)CC. The second kappa shape index (κ2) is 5.94. The first-order valence-corrected chi connectivity index (χ1v) is 6.22. The molecule has 1 atom stereocenters. The van der Waals surface area contributed by atoms with Crippen LogP contribution < -0.4 is 5.73 Å². The number of rotatable bonds is 5. The van der Waals surface area contributed by atoms with Crippen LogP contribution in [0.1, 0.15) is 56.6 Å². The molecule has 1 unspecified atom stereocenters. The van der Waals surface area contributed by atoms with Gasteiger partial charge in [0.2, 0.25) is 0 Å². The molecule has 0 aliphatic heterocycles. The molecule has 1 rings (SSSR count). The Morgan fingerprint density at radius 1 is 1.19 bits per heavy atom. The van der Waals surface area contributed by atoms with Crippen LogP contribution in [0.2, 0.25) is 0 Å². The molecular weight excluding hydrogens is 198 g/mol. The van der Waals surface area contributed by atoms with E-state index in [0.717, 1.165) is 30.7 Å². The number of hydrogen-bond acceptors (Lipinski definition) is 3. The van der Waals surface area contributed by atoms with Crippen molar-refractivity contribution in [2.24, 2.45) is 11.7 Å². The molecule has 0 amide bonds. The highest BCUT2D eigenvalue weighted by atomic mass is 15.1. The number of aryl methyl sites for hydroxylation is 2. The van der Waals surface area contributed by atoms with Gasteiger partial charge in [0.15, 0.2) is 0 Å². The quantitative estimate of drug-likeness (QED) is 0.831. The van der Waals surface area contributed by atoms with Gasteiger partial charge in [-0.2, -0.15) is 10.2 Å². The van der Waals surface area contributed by atoms with E-state index in [2.05, 4.69) is 37.0 Å². The lowest BCUT2D eigenvalue weighted by Gasteiger charge is -2.23. The second-order valence-corrected chi connectivity index (χ2v) is 4.34.